The number of carbonyl (C=O) groups excluding carboxylic acids is 1. The lowest BCUT2D eigenvalue weighted by Crippen LogP contribution is -2.26. The number of nitrogens with zero attached hydrogens (tertiary/aromatic N) is 3. The van der Waals surface area contributed by atoms with Crippen molar-refractivity contribution in [1.29, 1.82) is 0 Å². The van der Waals surface area contributed by atoms with Gasteiger partial charge < -0.3 is 9.47 Å². The molecule has 0 saturated heterocycles. The number of pyridine rings is 1. The average molecular weight is 500 g/mol. The van der Waals surface area contributed by atoms with E-state index < -0.39 is 24.0 Å². The molecular weight excluding hydrogens is 482 g/mol. The van der Waals surface area contributed by atoms with E-state index in [0.717, 1.165) is 0 Å². The van der Waals surface area contributed by atoms with Crippen LogP contribution in [-0.4, -0.2) is 34.2 Å². The van der Waals surface area contributed by atoms with Crippen LogP contribution in [0, 0.1) is 0 Å². The molecule has 3 aromatic rings. The van der Waals surface area contributed by atoms with Crippen LogP contribution in [0.5, 0.6) is 6.01 Å². The quantitative estimate of drug-likeness (QED) is 0.293. The van der Waals surface area contributed by atoms with Crippen LogP contribution < -0.4 is 4.74 Å². The Morgan fingerprint density at radius 3 is 2.36 bits per heavy atom. The molecule has 0 aliphatic carbocycles. The van der Waals surface area contributed by atoms with Crippen molar-refractivity contribution in [2.24, 2.45) is 0 Å². The predicted octanol–water partition coefficient (Wildman–Crippen LogP) is 5.99. The number of ether oxygens (including phenoxy) is 2. The van der Waals surface area contributed by atoms with Gasteiger partial charge in [0.1, 0.15) is 11.8 Å². The maximum absolute atomic E-state index is 13.9. The van der Waals surface area contributed by atoms with Crippen LogP contribution in [-0.2, 0) is 11.3 Å². The molecule has 2 unspecified atom stereocenters. The number of halogens is 5. The summed E-state index contributed by atoms with van der Waals surface area (Å²) >= 11 is 12.2. The summed E-state index contributed by atoms with van der Waals surface area (Å²) in [7, 11) is 1.24. The fourth-order valence-corrected chi connectivity index (χ4v) is 3.90. The Morgan fingerprint density at radius 1 is 1.09 bits per heavy atom. The zero-order chi connectivity index (χ0) is 24.2. The molecule has 2 heterocycles. The van der Waals surface area contributed by atoms with Crippen molar-refractivity contribution in [3.8, 4) is 6.01 Å². The minimum atomic E-state index is -4.52. The van der Waals surface area contributed by atoms with Gasteiger partial charge >= 0.3 is 18.2 Å². The molecule has 6 nitrogen and oxygen atoms in total. The fourth-order valence-electron chi connectivity index (χ4n) is 3.34. The van der Waals surface area contributed by atoms with Gasteiger partial charge in [0, 0.05) is 23.6 Å². The molecule has 1 aromatic carbocycles. The van der Waals surface area contributed by atoms with E-state index in [-0.39, 0.29) is 33.9 Å². The van der Waals surface area contributed by atoms with E-state index in [1.54, 1.807) is 6.07 Å². The summed E-state index contributed by atoms with van der Waals surface area (Å²) in [6, 6.07) is 7.20. The van der Waals surface area contributed by atoms with Gasteiger partial charge in [-0.25, -0.2) is 19.7 Å². The SMILES string of the molecule is COC(=O)c1cnc(OCc2ccc(C(C)C(c3ccnc(Cl)c3)C(F)(F)F)c(Cl)c2)nc1. The monoisotopic (exact) mass is 499 g/mol. The standard InChI is InChI=1S/C22H18Cl2F3N3O3/c1-12(19(22(25,26)27)14-5-6-28-18(24)8-14)16-4-3-13(7-17(16)23)11-33-21-29-9-15(10-30-21)20(31)32-2/h3-10,12,19H,11H2,1-2H3. The molecular formula is C22H18Cl2F3N3O3. The highest BCUT2D eigenvalue weighted by molar-refractivity contribution is 6.31. The number of rotatable bonds is 7. The Balaban J connectivity index is 1.76. The Hall–Kier alpha value is -2.91. The van der Waals surface area contributed by atoms with Crippen LogP contribution in [0.2, 0.25) is 10.2 Å². The zero-order valence-corrected chi connectivity index (χ0v) is 18.9. The fraction of sp³-hybridized carbons (Fsp3) is 0.273. The lowest BCUT2D eigenvalue weighted by molar-refractivity contribution is -0.154. The van der Waals surface area contributed by atoms with Crippen LogP contribution in [0.15, 0.2) is 48.9 Å². The molecule has 0 spiro atoms. The van der Waals surface area contributed by atoms with Gasteiger partial charge in [-0.3, -0.25) is 0 Å². The normalized spacial score (nSPS) is 13.3. The minimum Gasteiger partial charge on any atom is -0.465 e. The molecule has 2 aromatic heterocycles. The van der Waals surface area contributed by atoms with Gasteiger partial charge in [0.05, 0.1) is 18.6 Å². The van der Waals surface area contributed by atoms with Gasteiger partial charge in [-0.15, -0.1) is 0 Å². The van der Waals surface area contributed by atoms with Gasteiger partial charge in [-0.05, 0) is 40.8 Å². The summed E-state index contributed by atoms with van der Waals surface area (Å²) in [6.07, 6.45) is -0.767. The molecule has 11 heteroatoms. The molecule has 0 bridgehead atoms. The second kappa shape index (κ2) is 10.4. The predicted molar refractivity (Wildman–Crippen MR) is 116 cm³/mol. The first-order chi connectivity index (χ1) is 15.6. The maximum Gasteiger partial charge on any atom is 0.396 e. The number of alkyl halides is 3. The van der Waals surface area contributed by atoms with Crippen molar-refractivity contribution in [2.75, 3.05) is 7.11 Å². The molecule has 0 aliphatic heterocycles. The second-order valence-electron chi connectivity index (χ2n) is 7.11. The lowest BCUT2D eigenvalue weighted by Gasteiger charge is -2.28. The van der Waals surface area contributed by atoms with E-state index >= 15 is 0 Å². The van der Waals surface area contributed by atoms with Crippen molar-refractivity contribution in [1.82, 2.24) is 15.0 Å². The molecule has 0 aliphatic rings. The number of methoxy groups -OCH3 is 1. The van der Waals surface area contributed by atoms with Gasteiger partial charge in [0.25, 0.3) is 0 Å². The number of aromatic nitrogens is 3. The topological polar surface area (TPSA) is 74.2 Å². The maximum atomic E-state index is 13.9. The first kappa shape index (κ1) is 24.7. The summed E-state index contributed by atoms with van der Waals surface area (Å²) in [4.78, 5) is 23.0. The summed E-state index contributed by atoms with van der Waals surface area (Å²) in [5.41, 5.74) is 1.11. The molecule has 2 atom stereocenters. The molecule has 174 valence electrons. The van der Waals surface area contributed by atoms with Crippen LogP contribution in [0.25, 0.3) is 0 Å². The first-order valence-electron chi connectivity index (χ1n) is 9.59. The van der Waals surface area contributed by atoms with Crippen molar-refractivity contribution < 1.29 is 27.4 Å². The van der Waals surface area contributed by atoms with E-state index in [9.17, 15) is 18.0 Å². The smallest absolute Gasteiger partial charge is 0.396 e. The molecule has 0 amide bonds. The van der Waals surface area contributed by atoms with Crippen molar-refractivity contribution in [3.63, 3.8) is 0 Å². The Labute approximate surface area is 197 Å². The van der Waals surface area contributed by atoms with E-state index in [0.29, 0.717) is 11.1 Å². The van der Waals surface area contributed by atoms with Gasteiger partial charge in [-0.1, -0.05) is 42.3 Å². The molecule has 3 rings (SSSR count). The molecule has 0 radical (unpaired) electrons. The molecule has 0 saturated carbocycles. The number of hydrogen-bond acceptors (Lipinski definition) is 6. The first-order valence-corrected chi connectivity index (χ1v) is 10.4. The van der Waals surface area contributed by atoms with Crippen LogP contribution >= 0.6 is 23.2 Å². The number of carbonyl (C=O) groups is 1. The zero-order valence-electron chi connectivity index (χ0n) is 17.4. The average Bonchev–Trinajstić information content (AvgIpc) is 2.76. The largest absolute Gasteiger partial charge is 0.465 e. The highest BCUT2D eigenvalue weighted by Crippen LogP contribution is 2.46. The van der Waals surface area contributed by atoms with Gasteiger partial charge in [-0.2, -0.15) is 13.2 Å². The highest BCUT2D eigenvalue weighted by Gasteiger charge is 2.45. The number of hydrogen-bond donors (Lipinski definition) is 0. The van der Waals surface area contributed by atoms with Gasteiger partial charge in [0.2, 0.25) is 0 Å². The second-order valence-corrected chi connectivity index (χ2v) is 7.90. The Bertz CT molecular complexity index is 1130. The van der Waals surface area contributed by atoms with Crippen molar-refractivity contribution in [2.45, 2.75) is 31.5 Å². The van der Waals surface area contributed by atoms with Crippen LogP contribution in [0.3, 0.4) is 0 Å². The summed E-state index contributed by atoms with van der Waals surface area (Å²) in [5.74, 6) is -3.39. The van der Waals surface area contributed by atoms with E-state index in [1.807, 2.05) is 0 Å². The van der Waals surface area contributed by atoms with Crippen LogP contribution in [0.4, 0.5) is 13.2 Å². The Morgan fingerprint density at radius 2 is 1.79 bits per heavy atom. The minimum absolute atomic E-state index is 0.00558. The van der Waals surface area contributed by atoms with E-state index in [4.69, 9.17) is 27.9 Å². The van der Waals surface area contributed by atoms with Crippen molar-refractivity contribution >= 4 is 29.2 Å². The molecule has 0 fully saturated rings. The number of esters is 1. The molecule has 0 N–H and O–H groups in total. The van der Waals surface area contributed by atoms with Crippen LogP contribution in [0.1, 0.15) is 45.8 Å². The third-order valence-electron chi connectivity index (χ3n) is 4.93. The van der Waals surface area contributed by atoms with E-state index in [1.165, 1.54) is 56.9 Å². The summed E-state index contributed by atoms with van der Waals surface area (Å²) in [5, 5.41) is 0.148. The van der Waals surface area contributed by atoms with Gasteiger partial charge in [0.15, 0.2) is 0 Å². The lowest BCUT2D eigenvalue weighted by atomic mass is 9.82. The third kappa shape index (κ3) is 6.11. The number of benzene rings is 1. The Kier molecular flexibility index (Phi) is 7.76. The molecule has 33 heavy (non-hydrogen) atoms. The summed E-state index contributed by atoms with van der Waals surface area (Å²) in [6.45, 7) is 1.48. The van der Waals surface area contributed by atoms with E-state index in [2.05, 4.69) is 19.7 Å². The highest BCUT2D eigenvalue weighted by atomic mass is 35.5. The van der Waals surface area contributed by atoms with Crippen molar-refractivity contribution in [3.05, 3.63) is 81.4 Å². The summed E-state index contributed by atoms with van der Waals surface area (Å²) < 4.78 is 51.8. The third-order valence-corrected chi connectivity index (χ3v) is 5.47.